The van der Waals surface area contributed by atoms with Crippen molar-refractivity contribution in [3.8, 4) is 0 Å². The van der Waals surface area contributed by atoms with Gasteiger partial charge in [-0.25, -0.2) is 0 Å². The summed E-state index contributed by atoms with van der Waals surface area (Å²) in [5, 5.41) is 2.69. The van der Waals surface area contributed by atoms with E-state index in [0.717, 1.165) is 17.4 Å². The number of rotatable bonds is 0. The van der Waals surface area contributed by atoms with Gasteiger partial charge < -0.3 is 24.8 Å². The molecule has 75 valence electrons. The van der Waals surface area contributed by atoms with Gasteiger partial charge in [0.1, 0.15) is 0 Å². The summed E-state index contributed by atoms with van der Waals surface area (Å²) in [4.78, 5) is 0. The number of aryl methyl sites for hydroxylation is 1. The molecule has 0 aliphatic heterocycles. The molecule has 2 aromatic rings. The predicted molar refractivity (Wildman–Crippen MR) is 45.0 cm³/mol. The summed E-state index contributed by atoms with van der Waals surface area (Å²) in [6, 6.07) is 12.8. The van der Waals surface area contributed by atoms with Gasteiger partial charge in [-0.1, -0.05) is 13.0 Å². The Kier molecular flexibility index (Phi) is 9.43. The third kappa shape index (κ3) is 3.89. The topological polar surface area (TPSA) is 17.1 Å². The predicted octanol–water partition coefficient (Wildman–Crippen LogP) is -3.25. The van der Waals surface area contributed by atoms with E-state index in [0.29, 0.717) is 0 Å². The normalized spacial score (nSPS) is 7.93. The van der Waals surface area contributed by atoms with E-state index in [1.54, 1.807) is 0 Å². The van der Waals surface area contributed by atoms with E-state index < -0.39 is 0 Å². The molecule has 0 unspecified atom stereocenters. The monoisotopic (exact) mass is 266 g/mol. The molecular weight excluding hydrogens is 258 g/mol. The second-order valence-electron chi connectivity index (χ2n) is 2.66. The van der Waals surface area contributed by atoms with Crippen LogP contribution in [0.4, 0.5) is 0 Å². The van der Waals surface area contributed by atoms with Gasteiger partial charge >= 0.3 is 21.0 Å². The number of benzene rings is 1. The van der Waals surface area contributed by atoms with E-state index in [1.807, 2.05) is 0 Å². The van der Waals surface area contributed by atoms with Gasteiger partial charge in [0.15, 0.2) is 0 Å². The summed E-state index contributed by atoms with van der Waals surface area (Å²) in [5.74, 6) is 0. The summed E-state index contributed by atoms with van der Waals surface area (Å²) < 4.78 is 8.19. The van der Waals surface area contributed by atoms with Gasteiger partial charge in [0.2, 0.25) is 0 Å². The number of hydrogen-bond donors (Lipinski definition) is 0. The zero-order valence-electron chi connectivity index (χ0n) is 7.58. The van der Waals surface area contributed by atoms with Gasteiger partial charge in [-0.05, 0) is 0 Å². The van der Waals surface area contributed by atoms with Crippen molar-refractivity contribution in [2.45, 2.75) is 6.92 Å². The molecule has 14 heavy (non-hydrogen) atoms. The fourth-order valence-electron chi connectivity index (χ4n) is 1.31. The standard InChI is InChI=1S/C10H9.2ClH.O.V/c1-8-6-9-4-2-3-5-10(9)7-8;;;;/h2-7H,1H3;2*1H;;/q-1;;;;+2/p-2. The molecule has 4 heteroatoms. The fourth-order valence-corrected chi connectivity index (χ4v) is 1.31. The van der Waals surface area contributed by atoms with Gasteiger partial charge in [0.05, 0.1) is 0 Å². The molecule has 0 bridgehead atoms. The molecule has 0 atom stereocenters. The molecule has 0 saturated heterocycles. The molecule has 0 radical (unpaired) electrons. The second kappa shape index (κ2) is 8.13. The Morgan fingerprint density at radius 3 is 2.29 bits per heavy atom. The molecule has 1 nitrogen and oxygen atoms in total. The summed E-state index contributed by atoms with van der Waals surface area (Å²) >= 11 is 1.06. The van der Waals surface area contributed by atoms with Crippen LogP contribution in [-0.2, 0) is 21.0 Å². The van der Waals surface area contributed by atoms with Gasteiger partial charge in [-0.15, -0.1) is 40.6 Å². The van der Waals surface area contributed by atoms with Crippen LogP contribution in [0, 0.1) is 6.92 Å². The van der Waals surface area contributed by atoms with Crippen molar-refractivity contribution in [3.63, 3.8) is 0 Å². The van der Waals surface area contributed by atoms with E-state index in [-0.39, 0.29) is 24.8 Å². The molecule has 0 aliphatic carbocycles. The Bertz CT molecular complexity index is 340. The maximum absolute atomic E-state index is 8.19. The number of halogens is 2. The molecule has 0 aliphatic rings. The summed E-state index contributed by atoms with van der Waals surface area (Å²) in [7, 11) is 0. The van der Waals surface area contributed by atoms with Crippen LogP contribution >= 0.6 is 0 Å². The van der Waals surface area contributed by atoms with Crippen LogP contribution in [0.25, 0.3) is 10.8 Å². The zero-order valence-corrected chi connectivity index (χ0v) is 10.5. The van der Waals surface area contributed by atoms with Crippen molar-refractivity contribution >= 4 is 10.8 Å². The van der Waals surface area contributed by atoms with Crippen LogP contribution in [-0.4, -0.2) is 0 Å². The molecular formula is C10H9Cl2OV-. The average molecular weight is 267 g/mol. The average Bonchev–Trinajstić information content (AvgIpc) is 2.48. The van der Waals surface area contributed by atoms with Crippen LogP contribution in [0.15, 0.2) is 36.4 Å². The van der Waals surface area contributed by atoms with Crippen LogP contribution in [0.1, 0.15) is 5.56 Å². The molecule has 0 aromatic heterocycles. The summed E-state index contributed by atoms with van der Waals surface area (Å²) in [6.45, 7) is 2.12. The Morgan fingerprint density at radius 1 is 1.14 bits per heavy atom. The van der Waals surface area contributed by atoms with Crippen LogP contribution in [0.2, 0.25) is 0 Å². The zero-order chi connectivity index (χ0) is 8.97. The van der Waals surface area contributed by atoms with Crippen LogP contribution < -0.4 is 24.8 Å². The fraction of sp³-hybridized carbons (Fsp3) is 0.100. The Balaban J connectivity index is 0. The molecule has 0 N–H and O–H groups in total. The minimum absolute atomic E-state index is 0. The SMILES string of the molecule is Cc1cc2ccccc2[cH-]1.[Cl-].[Cl-].[O]=[V+2]. The first-order chi connectivity index (χ1) is 5.86. The van der Waals surface area contributed by atoms with Crippen LogP contribution in [0.3, 0.4) is 0 Å². The van der Waals surface area contributed by atoms with Crippen LogP contribution in [0.5, 0.6) is 0 Å². The van der Waals surface area contributed by atoms with E-state index in [1.165, 1.54) is 16.3 Å². The Hall–Kier alpha value is -0.206. The quantitative estimate of drug-likeness (QED) is 0.458. The third-order valence-electron chi connectivity index (χ3n) is 1.76. The second-order valence-corrected chi connectivity index (χ2v) is 2.66. The van der Waals surface area contributed by atoms with E-state index >= 15 is 0 Å². The first-order valence-corrected chi connectivity index (χ1v) is 4.23. The van der Waals surface area contributed by atoms with Crippen molar-refractivity contribution in [2.75, 3.05) is 0 Å². The van der Waals surface area contributed by atoms with Gasteiger partial charge in [-0.2, -0.15) is 6.07 Å². The Labute approximate surface area is 105 Å². The molecule has 2 aromatic carbocycles. The number of fused-ring (bicyclic) bond motifs is 1. The first kappa shape index (κ1) is 16.2. The van der Waals surface area contributed by atoms with Crippen molar-refractivity contribution in [1.82, 2.24) is 0 Å². The van der Waals surface area contributed by atoms with Gasteiger partial charge in [-0.3, -0.25) is 0 Å². The maximum atomic E-state index is 8.19. The number of hydrogen-bond acceptors (Lipinski definition) is 1. The molecule has 0 saturated carbocycles. The van der Waals surface area contributed by atoms with E-state index in [2.05, 4.69) is 43.3 Å². The molecule has 0 spiro atoms. The Morgan fingerprint density at radius 2 is 1.71 bits per heavy atom. The summed E-state index contributed by atoms with van der Waals surface area (Å²) in [6.07, 6.45) is 0. The van der Waals surface area contributed by atoms with E-state index in [4.69, 9.17) is 3.67 Å². The third-order valence-corrected chi connectivity index (χ3v) is 1.76. The summed E-state index contributed by atoms with van der Waals surface area (Å²) in [5.41, 5.74) is 1.35. The molecule has 0 fully saturated rings. The van der Waals surface area contributed by atoms with Crippen molar-refractivity contribution in [2.24, 2.45) is 0 Å². The molecule has 2 rings (SSSR count). The molecule has 0 heterocycles. The van der Waals surface area contributed by atoms with E-state index in [9.17, 15) is 0 Å². The molecule has 0 amide bonds. The van der Waals surface area contributed by atoms with Crippen molar-refractivity contribution < 1.29 is 45.9 Å². The van der Waals surface area contributed by atoms with Crippen molar-refractivity contribution in [3.05, 3.63) is 42.0 Å². The van der Waals surface area contributed by atoms with Crippen molar-refractivity contribution in [1.29, 1.82) is 0 Å². The van der Waals surface area contributed by atoms with Gasteiger partial charge in [0.25, 0.3) is 0 Å². The first-order valence-electron chi connectivity index (χ1n) is 3.66. The minimum atomic E-state index is 0. The van der Waals surface area contributed by atoms with Gasteiger partial charge in [0, 0.05) is 0 Å².